The maximum atomic E-state index is 8.86. The Morgan fingerprint density at radius 1 is 1.24 bits per heavy atom. The summed E-state index contributed by atoms with van der Waals surface area (Å²) < 4.78 is 0. The van der Waals surface area contributed by atoms with Gasteiger partial charge >= 0.3 is 0 Å². The van der Waals surface area contributed by atoms with E-state index >= 15 is 0 Å². The molecule has 0 fully saturated rings. The van der Waals surface area contributed by atoms with Crippen LogP contribution < -0.4 is 5.32 Å². The number of pyridine rings is 1. The van der Waals surface area contributed by atoms with Crippen LogP contribution in [0, 0.1) is 11.3 Å². The number of rotatable bonds is 4. The molecular formula is C12H11N5. The average Bonchev–Trinajstić information content (AvgIpc) is 2.40. The smallest absolute Gasteiger partial charge is 0.166 e. The summed E-state index contributed by atoms with van der Waals surface area (Å²) in [6.45, 7) is 0.671. The maximum Gasteiger partial charge on any atom is 0.166 e. The van der Waals surface area contributed by atoms with Crippen molar-refractivity contribution in [2.75, 3.05) is 11.9 Å². The van der Waals surface area contributed by atoms with Gasteiger partial charge in [-0.3, -0.25) is 4.98 Å². The number of hydrogen-bond donors (Lipinski definition) is 1. The number of nitrogens with zero attached hydrogens (tertiary/aromatic N) is 4. The van der Waals surface area contributed by atoms with Crippen molar-refractivity contribution in [3.8, 4) is 6.07 Å². The van der Waals surface area contributed by atoms with Crippen molar-refractivity contribution in [2.24, 2.45) is 0 Å². The van der Waals surface area contributed by atoms with Crippen molar-refractivity contribution in [1.82, 2.24) is 15.2 Å². The minimum absolute atomic E-state index is 0.501. The lowest BCUT2D eigenvalue weighted by Gasteiger charge is -2.05. The molecule has 0 radical (unpaired) electrons. The van der Waals surface area contributed by atoms with Crippen LogP contribution in [0.25, 0.3) is 0 Å². The number of nitrogens with one attached hydrogen (secondary N) is 1. The predicted octanol–water partition coefficient (Wildman–Crippen LogP) is 1.40. The van der Waals surface area contributed by atoms with Crippen LogP contribution in [0.3, 0.4) is 0 Å². The molecular weight excluding hydrogens is 214 g/mol. The molecule has 0 aromatic carbocycles. The van der Waals surface area contributed by atoms with Crippen molar-refractivity contribution in [3.63, 3.8) is 0 Å². The summed E-state index contributed by atoms with van der Waals surface area (Å²) in [6.07, 6.45) is 4.04. The second kappa shape index (κ2) is 5.56. The molecule has 2 rings (SSSR count). The fourth-order valence-electron chi connectivity index (χ4n) is 1.41. The molecule has 17 heavy (non-hydrogen) atoms. The molecule has 0 amide bonds. The zero-order valence-electron chi connectivity index (χ0n) is 9.17. The summed E-state index contributed by atoms with van der Waals surface area (Å²) >= 11 is 0. The van der Waals surface area contributed by atoms with Gasteiger partial charge in [0.1, 0.15) is 6.07 Å². The Bertz CT molecular complexity index is 518. The van der Waals surface area contributed by atoms with Gasteiger partial charge in [0.25, 0.3) is 0 Å². The third kappa shape index (κ3) is 2.98. The van der Waals surface area contributed by atoms with E-state index in [1.165, 1.54) is 6.20 Å². The first-order chi connectivity index (χ1) is 8.40. The Morgan fingerprint density at radius 2 is 2.18 bits per heavy atom. The highest BCUT2D eigenvalue weighted by atomic mass is 15.2. The van der Waals surface area contributed by atoms with E-state index in [0.717, 1.165) is 12.1 Å². The summed E-state index contributed by atoms with van der Waals surface area (Å²) in [6, 6.07) is 9.49. The summed E-state index contributed by atoms with van der Waals surface area (Å²) in [5.41, 5.74) is 1.50. The molecule has 0 atom stereocenters. The number of anilines is 1. The van der Waals surface area contributed by atoms with Crippen molar-refractivity contribution in [2.45, 2.75) is 6.42 Å². The Balaban J connectivity index is 1.93. The van der Waals surface area contributed by atoms with Gasteiger partial charge in [-0.25, -0.2) is 0 Å². The average molecular weight is 225 g/mol. The molecule has 0 bridgehead atoms. The van der Waals surface area contributed by atoms with Gasteiger partial charge in [0, 0.05) is 24.9 Å². The van der Waals surface area contributed by atoms with Gasteiger partial charge in [-0.15, -0.1) is 5.10 Å². The molecule has 0 saturated heterocycles. The summed E-state index contributed by atoms with van der Waals surface area (Å²) in [5, 5.41) is 19.6. The van der Waals surface area contributed by atoms with Crippen LogP contribution in [0.5, 0.6) is 0 Å². The lowest BCUT2D eigenvalue weighted by atomic mass is 10.2. The molecule has 0 aliphatic rings. The quantitative estimate of drug-likeness (QED) is 0.851. The first-order valence-corrected chi connectivity index (χ1v) is 5.26. The van der Waals surface area contributed by atoms with Gasteiger partial charge < -0.3 is 5.32 Å². The third-order valence-corrected chi connectivity index (χ3v) is 2.24. The molecule has 0 aliphatic carbocycles. The van der Waals surface area contributed by atoms with Crippen molar-refractivity contribution < 1.29 is 0 Å². The highest BCUT2D eigenvalue weighted by molar-refractivity contribution is 5.50. The normalized spacial score (nSPS) is 9.59. The fourth-order valence-corrected chi connectivity index (χ4v) is 1.41. The standard InChI is InChI=1S/C12H11N5/c13-9-10-4-8-16-17-12(10)15-7-5-11-3-1-2-6-14-11/h1-4,6,8H,5,7H2,(H,15,17). The van der Waals surface area contributed by atoms with Gasteiger partial charge in [-0.2, -0.15) is 10.4 Å². The van der Waals surface area contributed by atoms with E-state index in [2.05, 4.69) is 26.6 Å². The molecule has 2 aromatic rings. The van der Waals surface area contributed by atoms with E-state index in [4.69, 9.17) is 5.26 Å². The van der Waals surface area contributed by atoms with Crippen molar-refractivity contribution in [3.05, 3.63) is 47.9 Å². The second-order valence-electron chi connectivity index (χ2n) is 3.40. The second-order valence-corrected chi connectivity index (χ2v) is 3.40. The van der Waals surface area contributed by atoms with Crippen LogP contribution in [0.1, 0.15) is 11.3 Å². The molecule has 5 nitrogen and oxygen atoms in total. The Labute approximate surface area is 99.2 Å². The summed E-state index contributed by atoms with van der Waals surface area (Å²) in [5.74, 6) is 0.519. The van der Waals surface area contributed by atoms with Crippen molar-refractivity contribution >= 4 is 5.82 Å². The summed E-state index contributed by atoms with van der Waals surface area (Å²) in [4.78, 5) is 4.21. The molecule has 0 unspecified atom stereocenters. The molecule has 2 heterocycles. The monoisotopic (exact) mass is 225 g/mol. The molecule has 0 spiro atoms. The number of nitriles is 1. The zero-order chi connectivity index (χ0) is 11.9. The first-order valence-electron chi connectivity index (χ1n) is 5.26. The van der Waals surface area contributed by atoms with Gasteiger partial charge in [0.05, 0.1) is 11.8 Å². The van der Waals surface area contributed by atoms with E-state index in [0.29, 0.717) is 17.9 Å². The van der Waals surface area contributed by atoms with Crippen LogP contribution >= 0.6 is 0 Å². The lowest BCUT2D eigenvalue weighted by molar-refractivity contribution is 0.933. The van der Waals surface area contributed by atoms with Gasteiger partial charge in [-0.1, -0.05) is 6.07 Å². The van der Waals surface area contributed by atoms with Crippen LogP contribution in [0.2, 0.25) is 0 Å². The van der Waals surface area contributed by atoms with E-state index in [9.17, 15) is 0 Å². The number of hydrogen-bond acceptors (Lipinski definition) is 5. The van der Waals surface area contributed by atoms with Gasteiger partial charge in [-0.05, 0) is 18.2 Å². The molecule has 84 valence electrons. The maximum absolute atomic E-state index is 8.86. The van der Waals surface area contributed by atoms with E-state index in [1.807, 2.05) is 18.2 Å². The SMILES string of the molecule is N#Cc1ccnnc1NCCc1ccccn1. The van der Waals surface area contributed by atoms with Crippen LogP contribution in [-0.2, 0) is 6.42 Å². The Morgan fingerprint density at radius 3 is 2.94 bits per heavy atom. The zero-order valence-corrected chi connectivity index (χ0v) is 9.17. The Hall–Kier alpha value is -2.48. The molecule has 5 heteroatoms. The lowest BCUT2D eigenvalue weighted by Crippen LogP contribution is -2.09. The van der Waals surface area contributed by atoms with Gasteiger partial charge in [0.2, 0.25) is 0 Å². The third-order valence-electron chi connectivity index (χ3n) is 2.24. The summed E-state index contributed by atoms with van der Waals surface area (Å²) in [7, 11) is 0. The van der Waals surface area contributed by atoms with Crippen LogP contribution in [-0.4, -0.2) is 21.7 Å². The highest BCUT2D eigenvalue weighted by Gasteiger charge is 2.02. The van der Waals surface area contributed by atoms with E-state index in [1.54, 1.807) is 12.3 Å². The highest BCUT2D eigenvalue weighted by Crippen LogP contribution is 2.07. The van der Waals surface area contributed by atoms with Crippen molar-refractivity contribution in [1.29, 1.82) is 5.26 Å². The fraction of sp³-hybridized carbons (Fsp3) is 0.167. The topological polar surface area (TPSA) is 74.5 Å². The first kappa shape index (κ1) is 11.0. The largest absolute Gasteiger partial charge is 0.367 e. The Kier molecular flexibility index (Phi) is 3.61. The van der Waals surface area contributed by atoms with Crippen LogP contribution in [0.15, 0.2) is 36.7 Å². The van der Waals surface area contributed by atoms with Gasteiger partial charge in [0.15, 0.2) is 5.82 Å². The molecule has 0 aliphatic heterocycles. The minimum atomic E-state index is 0.501. The van der Waals surface area contributed by atoms with E-state index in [-0.39, 0.29) is 0 Å². The number of aromatic nitrogens is 3. The minimum Gasteiger partial charge on any atom is -0.367 e. The van der Waals surface area contributed by atoms with Crippen LogP contribution in [0.4, 0.5) is 5.82 Å². The molecule has 2 aromatic heterocycles. The molecule has 0 saturated carbocycles. The predicted molar refractivity (Wildman–Crippen MR) is 63.2 cm³/mol. The van der Waals surface area contributed by atoms with E-state index < -0.39 is 0 Å². The molecule has 1 N–H and O–H groups in total.